The molecule has 2 saturated heterocycles. The number of hydrogen-bond acceptors (Lipinski definition) is 4. The van der Waals surface area contributed by atoms with Gasteiger partial charge in [0, 0.05) is 26.2 Å². The highest BCUT2D eigenvalue weighted by Crippen LogP contribution is 2.17. The molecule has 2 aliphatic rings. The van der Waals surface area contributed by atoms with Crippen molar-refractivity contribution in [2.45, 2.75) is 25.8 Å². The third-order valence-corrected chi connectivity index (χ3v) is 4.06. The Hall–Kier alpha value is -1.14. The smallest absolute Gasteiger partial charge is 0.317 e. The summed E-state index contributed by atoms with van der Waals surface area (Å²) in [4.78, 5) is 26.9. The monoisotopic (exact) mass is 269 g/mol. The van der Waals surface area contributed by atoms with Crippen molar-refractivity contribution in [2.24, 2.45) is 5.92 Å². The van der Waals surface area contributed by atoms with Crippen LogP contribution in [0.1, 0.15) is 19.8 Å². The number of carboxylic acids is 1. The van der Waals surface area contributed by atoms with Gasteiger partial charge in [-0.2, -0.15) is 0 Å². The Bertz CT molecular complexity index is 348. The lowest BCUT2D eigenvalue weighted by molar-refractivity contribution is -0.138. The van der Waals surface area contributed by atoms with E-state index in [1.165, 1.54) is 0 Å². The number of nitrogens with one attached hydrogen (secondary N) is 1. The van der Waals surface area contributed by atoms with Gasteiger partial charge in [0.25, 0.3) is 0 Å². The summed E-state index contributed by atoms with van der Waals surface area (Å²) in [5, 5.41) is 12.1. The lowest BCUT2D eigenvalue weighted by Gasteiger charge is -2.26. The molecule has 0 aliphatic carbocycles. The van der Waals surface area contributed by atoms with E-state index in [1.54, 1.807) is 0 Å². The largest absolute Gasteiger partial charge is 0.480 e. The van der Waals surface area contributed by atoms with Gasteiger partial charge in [-0.15, -0.1) is 0 Å². The van der Waals surface area contributed by atoms with Crippen LogP contribution in [0.3, 0.4) is 0 Å². The van der Waals surface area contributed by atoms with E-state index in [1.807, 2.05) is 9.80 Å². The molecule has 6 heteroatoms. The van der Waals surface area contributed by atoms with Gasteiger partial charge >= 0.3 is 5.97 Å². The molecule has 2 heterocycles. The Morgan fingerprint density at radius 1 is 1.26 bits per heavy atom. The van der Waals surface area contributed by atoms with E-state index < -0.39 is 5.97 Å². The predicted molar refractivity (Wildman–Crippen MR) is 70.8 cm³/mol. The fourth-order valence-electron chi connectivity index (χ4n) is 2.90. The zero-order valence-corrected chi connectivity index (χ0v) is 11.5. The first-order valence-corrected chi connectivity index (χ1v) is 7.04. The number of nitrogens with zero attached hydrogens (tertiary/aromatic N) is 2. The minimum Gasteiger partial charge on any atom is -0.480 e. The molecule has 2 fully saturated rings. The Kier molecular flexibility index (Phi) is 4.76. The molecule has 0 aromatic rings. The lowest BCUT2D eigenvalue weighted by Crippen LogP contribution is -2.47. The van der Waals surface area contributed by atoms with Crippen LogP contribution in [0.25, 0.3) is 0 Å². The highest BCUT2D eigenvalue weighted by atomic mass is 16.4. The molecule has 6 nitrogen and oxygen atoms in total. The number of carbonyl (C=O) groups is 2. The van der Waals surface area contributed by atoms with Crippen LogP contribution in [0.4, 0.5) is 0 Å². The van der Waals surface area contributed by atoms with E-state index in [0.717, 1.165) is 32.5 Å². The van der Waals surface area contributed by atoms with Crippen LogP contribution in [-0.4, -0.2) is 72.1 Å². The van der Waals surface area contributed by atoms with Crippen molar-refractivity contribution in [3.05, 3.63) is 0 Å². The second kappa shape index (κ2) is 6.34. The number of hydrogen-bond donors (Lipinski definition) is 2. The summed E-state index contributed by atoms with van der Waals surface area (Å²) in [5.74, 6) is -0.223. The Labute approximate surface area is 113 Å². The van der Waals surface area contributed by atoms with Gasteiger partial charge < -0.3 is 15.3 Å². The van der Waals surface area contributed by atoms with Crippen LogP contribution < -0.4 is 5.32 Å². The highest BCUT2D eigenvalue weighted by Gasteiger charge is 2.33. The second-order valence-electron chi connectivity index (χ2n) is 5.55. The van der Waals surface area contributed by atoms with Gasteiger partial charge in [0.15, 0.2) is 0 Å². The van der Waals surface area contributed by atoms with Gasteiger partial charge in [0.1, 0.15) is 0 Å². The molecule has 0 aromatic carbocycles. The maximum absolute atomic E-state index is 12.4. The number of amides is 1. The summed E-state index contributed by atoms with van der Waals surface area (Å²) in [6, 6.07) is -0.0500. The molecule has 108 valence electrons. The number of carboxylic acid groups (broad SMARTS) is 1. The molecular weight excluding hydrogens is 246 g/mol. The highest BCUT2D eigenvalue weighted by molar-refractivity contribution is 5.82. The average molecular weight is 269 g/mol. The number of carbonyl (C=O) groups excluding carboxylic acids is 1. The molecule has 0 radical (unpaired) electrons. The summed E-state index contributed by atoms with van der Waals surface area (Å²) in [5.41, 5.74) is 0. The van der Waals surface area contributed by atoms with E-state index in [4.69, 9.17) is 5.11 Å². The zero-order chi connectivity index (χ0) is 13.8. The fraction of sp³-hybridized carbons (Fsp3) is 0.846. The van der Waals surface area contributed by atoms with Crippen LogP contribution in [-0.2, 0) is 9.59 Å². The topological polar surface area (TPSA) is 72.9 Å². The Morgan fingerprint density at radius 3 is 2.68 bits per heavy atom. The third kappa shape index (κ3) is 3.67. The first-order valence-electron chi connectivity index (χ1n) is 7.04. The SMILES string of the molecule is CC1CCNC1C(=O)N1CCCN(CC(=O)O)CC1. The van der Waals surface area contributed by atoms with E-state index in [2.05, 4.69) is 12.2 Å². The lowest BCUT2D eigenvalue weighted by atomic mass is 10.0. The van der Waals surface area contributed by atoms with Gasteiger partial charge in [-0.3, -0.25) is 14.5 Å². The standard InChI is InChI=1S/C13H23N3O3/c1-10-3-4-14-12(10)13(19)16-6-2-5-15(7-8-16)9-11(17)18/h10,12,14H,2-9H2,1H3,(H,17,18). The minimum atomic E-state index is -0.800. The molecule has 0 bridgehead atoms. The summed E-state index contributed by atoms with van der Waals surface area (Å²) in [6.07, 6.45) is 1.90. The summed E-state index contributed by atoms with van der Waals surface area (Å²) in [6.45, 7) is 5.87. The van der Waals surface area contributed by atoms with Crippen molar-refractivity contribution < 1.29 is 14.7 Å². The van der Waals surface area contributed by atoms with E-state index in [9.17, 15) is 9.59 Å². The Morgan fingerprint density at radius 2 is 2.05 bits per heavy atom. The average Bonchev–Trinajstić information content (AvgIpc) is 2.64. The molecule has 2 rings (SSSR count). The van der Waals surface area contributed by atoms with Crippen molar-refractivity contribution in [3.8, 4) is 0 Å². The van der Waals surface area contributed by atoms with Crippen molar-refractivity contribution >= 4 is 11.9 Å². The quantitative estimate of drug-likeness (QED) is 0.729. The summed E-state index contributed by atoms with van der Waals surface area (Å²) >= 11 is 0. The molecule has 0 spiro atoms. The normalized spacial score (nSPS) is 29.2. The van der Waals surface area contributed by atoms with Gasteiger partial charge in [-0.25, -0.2) is 0 Å². The molecule has 0 saturated carbocycles. The zero-order valence-electron chi connectivity index (χ0n) is 11.5. The predicted octanol–water partition coefficient (Wildman–Crippen LogP) is -0.397. The van der Waals surface area contributed by atoms with Gasteiger partial charge in [0.05, 0.1) is 12.6 Å². The van der Waals surface area contributed by atoms with Crippen molar-refractivity contribution in [2.75, 3.05) is 39.3 Å². The van der Waals surface area contributed by atoms with E-state index in [-0.39, 0.29) is 18.5 Å². The molecule has 2 N–H and O–H groups in total. The first kappa shape index (κ1) is 14.3. The van der Waals surface area contributed by atoms with Crippen LogP contribution in [0, 0.1) is 5.92 Å². The molecule has 1 amide bonds. The maximum atomic E-state index is 12.4. The third-order valence-electron chi connectivity index (χ3n) is 4.06. The van der Waals surface area contributed by atoms with Crippen molar-refractivity contribution in [3.63, 3.8) is 0 Å². The minimum absolute atomic E-state index is 0.0500. The van der Waals surface area contributed by atoms with Gasteiger partial charge in [-0.1, -0.05) is 6.92 Å². The van der Waals surface area contributed by atoms with Gasteiger partial charge in [-0.05, 0) is 25.3 Å². The van der Waals surface area contributed by atoms with Crippen LogP contribution in [0.15, 0.2) is 0 Å². The molecule has 0 aromatic heterocycles. The maximum Gasteiger partial charge on any atom is 0.317 e. The molecule has 19 heavy (non-hydrogen) atoms. The molecular formula is C13H23N3O3. The van der Waals surface area contributed by atoms with Crippen molar-refractivity contribution in [1.82, 2.24) is 15.1 Å². The molecule has 2 atom stereocenters. The van der Waals surface area contributed by atoms with E-state index in [0.29, 0.717) is 19.0 Å². The number of rotatable bonds is 3. The van der Waals surface area contributed by atoms with E-state index >= 15 is 0 Å². The summed E-state index contributed by atoms with van der Waals surface area (Å²) in [7, 11) is 0. The summed E-state index contributed by atoms with van der Waals surface area (Å²) < 4.78 is 0. The van der Waals surface area contributed by atoms with Crippen LogP contribution in [0.2, 0.25) is 0 Å². The molecule has 2 unspecified atom stereocenters. The van der Waals surface area contributed by atoms with Crippen LogP contribution >= 0.6 is 0 Å². The Balaban J connectivity index is 1.88. The first-order chi connectivity index (χ1) is 9.08. The van der Waals surface area contributed by atoms with Crippen LogP contribution in [0.5, 0.6) is 0 Å². The van der Waals surface area contributed by atoms with Gasteiger partial charge in [0.2, 0.25) is 5.91 Å². The van der Waals surface area contributed by atoms with Crippen molar-refractivity contribution in [1.29, 1.82) is 0 Å². The fourth-order valence-corrected chi connectivity index (χ4v) is 2.90. The number of aliphatic carboxylic acids is 1. The molecule has 2 aliphatic heterocycles. The second-order valence-corrected chi connectivity index (χ2v) is 5.55.